The molecule has 2 saturated heterocycles. The first-order chi connectivity index (χ1) is 15.2. The van der Waals surface area contributed by atoms with Crippen molar-refractivity contribution in [3.8, 4) is 0 Å². The Balaban J connectivity index is 1.50. The maximum atomic E-state index is 13.0. The molecule has 11 heteroatoms. The van der Waals surface area contributed by atoms with Crippen LogP contribution in [-0.2, 0) is 14.4 Å². The van der Waals surface area contributed by atoms with Crippen LogP contribution in [0.2, 0.25) is 15.1 Å². The highest BCUT2D eigenvalue weighted by Crippen LogP contribution is 2.30. The van der Waals surface area contributed by atoms with Gasteiger partial charge in [0.05, 0.1) is 18.0 Å². The molecule has 0 bridgehead atoms. The van der Waals surface area contributed by atoms with Crippen molar-refractivity contribution in [1.82, 2.24) is 16.0 Å². The van der Waals surface area contributed by atoms with Crippen molar-refractivity contribution in [3.63, 3.8) is 0 Å². The predicted octanol–water partition coefficient (Wildman–Crippen LogP) is 3.09. The average Bonchev–Trinajstić information content (AvgIpc) is 2.69. The van der Waals surface area contributed by atoms with Crippen LogP contribution in [0, 0.1) is 18.8 Å². The van der Waals surface area contributed by atoms with Crippen LogP contribution in [-0.4, -0.2) is 30.2 Å². The van der Waals surface area contributed by atoms with Crippen molar-refractivity contribution in [2.45, 2.75) is 25.8 Å². The third-order valence-electron chi connectivity index (χ3n) is 5.42. The quantitative estimate of drug-likeness (QED) is 0.447. The Bertz CT molecular complexity index is 1080. The van der Waals surface area contributed by atoms with E-state index in [0.717, 1.165) is 5.56 Å². The maximum Gasteiger partial charge on any atom is 0.229 e. The van der Waals surface area contributed by atoms with E-state index in [1.807, 2.05) is 6.92 Å². The van der Waals surface area contributed by atoms with Crippen molar-refractivity contribution in [1.29, 1.82) is 0 Å². The molecule has 2 heterocycles. The molecule has 0 saturated carbocycles. The summed E-state index contributed by atoms with van der Waals surface area (Å²) in [5.41, 5.74) is 1.92. The molecule has 5 N–H and O–H groups in total. The summed E-state index contributed by atoms with van der Waals surface area (Å²) in [6.45, 7) is 1.83. The normalized spacial score (nSPS) is 24.8. The fourth-order valence-electron chi connectivity index (χ4n) is 3.91. The molecule has 2 aromatic rings. The molecular weight excluding hydrogens is 477 g/mol. The molecule has 2 aromatic carbocycles. The molecule has 168 valence electrons. The zero-order chi connectivity index (χ0) is 23.0. The van der Waals surface area contributed by atoms with Gasteiger partial charge in [0.2, 0.25) is 17.7 Å². The third kappa shape index (κ3) is 4.94. The SMILES string of the molecule is Cc1ccc(Cl)cc1NC(=O)C1CC(=O)NC2NC(Nc3cc(Cl)cc(Cl)c3)NC(=O)C21. The van der Waals surface area contributed by atoms with Gasteiger partial charge in [0, 0.05) is 32.9 Å². The topological polar surface area (TPSA) is 111 Å². The third-order valence-corrected chi connectivity index (χ3v) is 6.09. The van der Waals surface area contributed by atoms with Gasteiger partial charge < -0.3 is 21.3 Å². The van der Waals surface area contributed by atoms with Crippen molar-refractivity contribution < 1.29 is 14.4 Å². The minimum atomic E-state index is -0.860. The van der Waals surface area contributed by atoms with E-state index < -0.39 is 30.2 Å². The molecule has 3 amide bonds. The number of rotatable bonds is 4. The summed E-state index contributed by atoms with van der Waals surface area (Å²) in [5.74, 6) is -2.79. The lowest BCUT2D eigenvalue weighted by Crippen LogP contribution is -2.72. The van der Waals surface area contributed by atoms with E-state index in [2.05, 4.69) is 26.6 Å². The number of nitrogens with one attached hydrogen (secondary N) is 5. The van der Waals surface area contributed by atoms with E-state index in [1.54, 1.807) is 36.4 Å². The molecule has 2 aliphatic heterocycles. The van der Waals surface area contributed by atoms with Gasteiger partial charge in [0.15, 0.2) is 6.29 Å². The van der Waals surface area contributed by atoms with Crippen LogP contribution in [0.3, 0.4) is 0 Å². The number of carbonyl (C=O) groups is 3. The molecule has 0 spiro atoms. The Morgan fingerprint density at radius 3 is 2.44 bits per heavy atom. The number of fused-ring (bicyclic) bond motifs is 1. The number of carbonyl (C=O) groups excluding carboxylic acids is 3. The highest BCUT2D eigenvalue weighted by molar-refractivity contribution is 6.35. The lowest BCUT2D eigenvalue weighted by atomic mass is 9.81. The lowest BCUT2D eigenvalue weighted by Gasteiger charge is -2.43. The van der Waals surface area contributed by atoms with E-state index in [-0.39, 0.29) is 18.2 Å². The number of benzene rings is 2. The van der Waals surface area contributed by atoms with Crippen molar-refractivity contribution >= 4 is 63.9 Å². The second-order valence-corrected chi connectivity index (χ2v) is 9.05. The van der Waals surface area contributed by atoms with Crippen LogP contribution in [0.1, 0.15) is 12.0 Å². The molecule has 0 aliphatic carbocycles. The van der Waals surface area contributed by atoms with E-state index >= 15 is 0 Å². The van der Waals surface area contributed by atoms with E-state index in [1.165, 1.54) is 0 Å². The Morgan fingerprint density at radius 1 is 1.00 bits per heavy atom. The van der Waals surface area contributed by atoms with Gasteiger partial charge in [-0.25, -0.2) is 0 Å². The van der Waals surface area contributed by atoms with Crippen molar-refractivity contribution in [2.24, 2.45) is 11.8 Å². The smallest absolute Gasteiger partial charge is 0.229 e. The largest absolute Gasteiger partial charge is 0.353 e. The van der Waals surface area contributed by atoms with Crippen LogP contribution in [0.15, 0.2) is 36.4 Å². The van der Waals surface area contributed by atoms with Gasteiger partial charge in [-0.2, -0.15) is 0 Å². The molecule has 2 fully saturated rings. The van der Waals surface area contributed by atoms with Crippen LogP contribution in [0.5, 0.6) is 0 Å². The molecule has 0 radical (unpaired) electrons. The van der Waals surface area contributed by atoms with Crippen LogP contribution in [0.25, 0.3) is 0 Å². The Kier molecular flexibility index (Phi) is 6.48. The summed E-state index contributed by atoms with van der Waals surface area (Å²) < 4.78 is 0. The average molecular weight is 497 g/mol. The molecule has 2 aliphatic rings. The number of piperidine rings is 1. The molecule has 4 atom stereocenters. The summed E-state index contributed by atoms with van der Waals surface area (Å²) in [6, 6.07) is 10.0. The molecule has 4 unspecified atom stereocenters. The van der Waals surface area contributed by atoms with Gasteiger partial charge >= 0.3 is 0 Å². The van der Waals surface area contributed by atoms with Gasteiger partial charge in [0.25, 0.3) is 0 Å². The lowest BCUT2D eigenvalue weighted by molar-refractivity contribution is -0.144. The Morgan fingerprint density at radius 2 is 1.72 bits per heavy atom. The molecule has 32 heavy (non-hydrogen) atoms. The first-order valence-electron chi connectivity index (χ1n) is 9.85. The van der Waals surface area contributed by atoms with Gasteiger partial charge in [-0.1, -0.05) is 40.9 Å². The number of aryl methyl sites for hydroxylation is 1. The van der Waals surface area contributed by atoms with Crippen LogP contribution < -0.4 is 26.6 Å². The molecular formula is C21H20Cl3N5O3. The first-order valence-corrected chi connectivity index (χ1v) is 11.0. The standard InChI is InChI=1S/C21H20Cl3N5O3/c1-9-2-3-10(22)7-15(9)26-19(31)14-8-16(30)27-18-17(14)20(32)29-21(28-18)25-13-5-11(23)4-12(24)6-13/h2-7,14,17-18,21,25,28H,8H2,1H3,(H,26,31)(H,27,30)(H,29,32). The first kappa shape index (κ1) is 22.7. The fraction of sp³-hybridized carbons (Fsp3) is 0.286. The zero-order valence-corrected chi connectivity index (χ0v) is 19.1. The van der Waals surface area contributed by atoms with Crippen LogP contribution >= 0.6 is 34.8 Å². The minimum absolute atomic E-state index is 0.107. The number of halogens is 3. The molecule has 4 rings (SSSR count). The second kappa shape index (κ2) is 9.15. The zero-order valence-electron chi connectivity index (χ0n) is 16.8. The minimum Gasteiger partial charge on any atom is -0.353 e. The van der Waals surface area contributed by atoms with E-state index in [9.17, 15) is 14.4 Å². The number of hydrogen-bond acceptors (Lipinski definition) is 5. The summed E-state index contributed by atoms with van der Waals surface area (Å²) in [6.07, 6.45) is -1.56. The summed E-state index contributed by atoms with van der Waals surface area (Å²) in [7, 11) is 0. The predicted molar refractivity (Wildman–Crippen MR) is 123 cm³/mol. The van der Waals surface area contributed by atoms with E-state index in [4.69, 9.17) is 34.8 Å². The highest BCUT2D eigenvalue weighted by Gasteiger charge is 2.48. The number of anilines is 2. The molecule has 8 nitrogen and oxygen atoms in total. The van der Waals surface area contributed by atoms with Gasteiger partial charge in [-0.15, -0.1) is 0 Å². The number of hydrogen-bond donors (Lipinski definition) is 5. The Labute approximate surface area is 199 Å². The highest BCUT2D eigenvalue weighted by atomic mass is 35.5. The molecule has 0 aromatic heterocycles. The summed E-state index contributed by atoms with van der Waals surface area (Å²) in [5, 5.41) is 15.8. The summed E-state index contributed by atoms with van der Waals surface area (Å²) >= 11 is 18.1. The van der Waals surface area contributed by atoms with Gasteiger partial charge in [-0.3, -0.25) is 19.7 Å². The van der Waals surface area contributed by atoms with Crippen LogP contribution in [0.4, 0.5) is 11.4 Å². The van der Waals surface area contributed by atoms with Crippen molar-refractivity contribution in [2.75, 3.05) is 10.6 Å². The summed E-state index contributed by atoms with van der Waals surface area (Å²) in [4.78, 5) is 38.3. The van der Waals surface area contributed by atoms with Gasteiger partial charge in [-0.05, 0) is 42.8 Å². The van der Waals surface area contributed by atoms with E-state index in [0.29, 0.717) is 26.4 Å². The fourth-order valence-corrected chi connectivity index (χ4v) is 4.61. The maximum absolute atomic E-state index is 13.0. The van der Waals surface area contributed by atoms with Crippen molar-refractivity contribution in [3.05, 3.63) is 57.0 Å². The second-order valence-electron chi connectivity index (χ2n) is 7.74. The Hall–Kier alpha value is -2.52. The van der Waals surface area contributed by atoms with Gasteiger partial charge in [0.1, 0.15) is 0 Å². The number of amides is 3. The monoisotopic (exact) mass is 495 g/mol.